The molecule has 0 aliphatic rings. The van der Waals surface area contributed by atoms with E-state index in [1.165, 1.54) is 6.07 Å². The maximum Gasteiger partial charge on any atom is 0.186 e. The van der Waals surface area contributed by atoms with E-state index >= 15 is 0 Å². The van der Waals surface area contributed by atoms with Gasteiger partial charge in [-0.1, -0.05) is 31.4 Å². The van der Waals surface area contributed by atoms with Gasteiger partial charge in [-0.2, -0.15) is 4.89 Å². The number of nitrogen functional groups attached to an aromatic ring is 1. The number of hydrogen-bond acceptors (Lipinski definition) is 3. The van der Waals surface area contributed by atoms with Crippen LogP contribution in [0.2, 0.25) is 5.02 Å². The first-order valence-corrected chi connectivity index (χ1v) is 5.57. The van der Waals surface area contributed by atoms with Gasteiger partial charge in [0.1, 0.15) is 5.82 Å². The maximum absolute atomic E-state index is 12.9. The summed E-state index contributed by atoms with van der Waals surface area (Å²) >= 11 is 5.74. The fourth-order valence-electron chi connectivity index (χ4n) is 1.12. The van der Waals surface area contributed by atoms with E-state index in [0.29, 0.717) is 6.61 Å². The van der Waals surface area contributed by atoms with Crippen molar-refractivity contribution in [1.82, 2.24) is 0 Å². The van der Waals surface area contributed by atoms with Gasteiger partial charge >= 0.3 is 0 Å². The van der Waals surface area contributed by atoms with Gasteiger partial charge in [0, 0.05) is 6.07 Å². The van der Waals surface area contributed by atoms with Gasteiger partial charge in [0.25, 0.3) is 0 Å². The summed E-state index contributed by atoms with van der Waals surface area (Å²) in [6, 6.07) is 2.40. The fourth-order valence-corrected chi connectivity index (χ4v) is 1.31. The van der Waals surface area contributed by atoms with Crippen LogP contribution in [-0.4, -0.2) is 6.61 Å². The Morgan fingerprint density at radius 2 is 2.12 bits per heavy atom. The van der Waals surface area contributed by atoms with Crippen molar-refractivity contribution >= 4 is 17.3 Å². The predicted molar refractivity (Wildman–Crippen MR) is 61.9 cm³/mol. The summed E-state index contributed by atoms with van der Waals surface area (Å²) in [5.41, 5.74) is 5.36. The fraction of sp³-hybridized carbons (Fsp3) is 0.455. The molecule has 0 radical (unpaired) electrons. The Bertz CT molecular complexity index is 347. The van der Waals surface area contributed by atoms with Crippen LogP contribution in [0, 0.1) is 5.82 Å². The van der Waals surface area contributed by atoms with Gasteiger partial charge in [0.15, 0.2) is 5.75 Å². The van der Waals surface area contributed by atoms with Gasteiger partial charge in [-0.05, 0) is 12.5 Å². The third-order valence-corrected chi connectivity index (χ3v) is 2.33. The third kappa shape index (κ3) is 3.87. The lowest BCUT2D eigenvalue weighted by atomic mass is 10.3. The Morgan fingerprint density at radius 3 is 2.81 bits per heavy atom. The lowest BCUT2D eigenvalue weighted by Gasteiger charge is -2.07. The van der Waals surface area contributed by atoms with Crippen molar-refractivity contribution in [3.8, 4) is 5.75 Å². The third-order valence-electron chi connectivity index (χ3n) is 2.03. The summed E-state index contributed by atoms with van der Waals surface area (Å²) in [4.78, 5) is 9.88. The lowest BCUT2D eigenvalue weighted by molar-refractivity contribution is -0.207. The zero-order valence-corrected chi connectivity index (χ0v) is 9.89. The number of unbranched alkanes of at least 4 members (excludes halogenated alkanes) is 2. The number of anilines is 1. The first-order chi connectivity index (χ1) is 7.65. The van der Waals surface area contributed by atoms with Crippen LogP contribution in [0.4, 0.5) is 10.1 Å². The molecule has 0 heterocycles. The zero-order valence-electron chi connectivity index (χ0n) is 9.13. The smallest absolute Gasteiger partial charge is 0.186 e. The van der Waals surface area contributed by atoms with E-state index < -0.39 is 5.82 Å². The van der Waals surface area contributed by atoms with Crippen LogP contribution in [0.1, 0.15) is 26.2 Å². The van der Waals surface area contributed by atoms with Gasteiger partial charge < -0.3 is 10.6 Å². The van der Waals surface area contributed by atoms with Crippen LogP contribution in [-0.2, 0) is 4.89 Å². The molecule has 5 heteroatoms. The number of nitrogens with two attached hydrogens (primary N) is 1. The molecule has 0 saturated carbocycles. The minimum atomic E-state index is -0.566. The van der Waals surface area contributed by atoms with E-state index in [2.05, 4.69) is 6.92 Å². The normalized spacial score (nSPS) is 10.4. The molecule has 0 saturated heterocycles. The highest BCUT2D eigenvalue weighted by molar-refractivity contribution is 6.32. The van der Waals surface area contributed by atoms with Gasteiger partial charge in [-0.3, -0.25) is 0 Å². The summed E-state index contributed by atoms with van der Waals surface area (Å²) in [7, 11) is 0. The van der Waals surface area contributed by atoms with Crippen molar-refractivity contribution in [2.45, 2.75) is 26.2 Å². The Kier molecular flexibility index (Phi) is 5.35. The highest BCUT2D eigenvalue weighted by Crippen LogP contribution is 2.29. The predicted octanol–water partition coefficient (Wildman–Crippen LogP) is 3.56. The zero-order chi connectivity index (χ0) is 12.0. The molecule has 0 atom stereocenters. The number of halogens is 2. The molecule has 90 valence electrons. The Balaban J connectivity index is 2.45. The summed E-state index contributed by atoms with van der Waals surface area (Å²) < 4.78 is 12.9. The second kappa shape index (κ2) is 6.55. The molecule has 0 aliphatic carbocycles. The van der Waals surface area contributed by atoms with Crippen LogP contribution in [0.3, 0.4) is 0 Å². The van der Waals surface area contributed by atoms with Gasteiger partial charge in [0.05, 0.1) is 17.3 Å². The van der Waals surface area contributed by atoms with Gasteiger partial charge in [0.2, 0.25) is 0 Å². The number of benzene rings is 1. The second-order valence-electron chi connectivity index (χ2n) is 3.42. The standard InChI is InChI=1S/C11H15ClFNO2/c1-2-3-4-5-15-16-11-7-10(14)9(13)6-8(11)12/h6-7H,2-5,14H2,1H3. The molecule has 0 unspecified atom stereocenters. The molecule has 0 aromatic heterocycles. The molecule has 3 nitrogen and oxygen atoms in total. The molecule has 2 N–H and O–H groups in total. The van der Waals surface area contributed by atoms with Gasteiger partial charge in [-0.15, -0.1) is 0 Å². The Labute approximate surface area is 99.2 Å². The average Bonchev–Trinajstić information content (AvgIpc) is 2.25. The monoisotopic (exact) mass is 247 g/mol. The lowest BCUT2D eigenvalue weighted by Crippen LogP contribution is -2.01. The first kappa shape index (κ1) is 13.1. The van der Waals surface area contributed by atoms with Crippen LogP contribution in [0.5, 0.6) is 5.75 Å². The number of rotatable bonds is 6. The Morgan fingerprint density at radius 1 is 1.38 bits per heavy atom. The SMILES string of the molecule is CCCCCOOc1cc(N)c(F)cc1Cl. The highest BCUT2D eigenvalue weighted by atomic mass is 35.5. The van der Waals surface area contributed by atoms with E-state index in [9.17, 15) is 4.39 Å². The molecular weight excluding hydrogens is 233 g/mol. The second-order valence-corrected chi connectivity index (χ2v) is 3.82. The van der Waals surface area contributed by atoms with Crippen molar-refractivity contribution < 1.29 is 14.2 Å². The van der Waals surface area contributed by atoms with E-state index in [4.69, 9.17) is 27.1 Å². The molecule has 0 amide bonds. The van der Waals surface area contributed by atoms with Crippen molar-refractivity contribution in [3.05, 3.63) is 23.0 Å². The van der Waals surface area contributed by atoms with E-state index in [-0.39, 0.29) is 16.5 Å². The molecular formula is C11H15ClFNO2. The molecule has 0 bridgehead atoms. The van der Waals surface area contributed by atoms with Crippen molar-refractivity contribution in [3.63, 3.8) is 0 Å². The summed E-state index contributed by atoms with van der Waals surface area (Å²) in [6.07, 6.45) is 3.08. The molecule has 1 aromatic carbocycles. The molecule has 1 rings (SSSR count). The minimum absolute atomic E-state index is 0.0171. The summed E-state index contributed by atoms with van der Waals surface area (Å²) in [5, 5.41) is 0.141. The van der Waals surface area contributed by atoms with Crippen molar-refractivity contribution in [2.24, 2.45) is 0 Å². The Hall–Kier alpha value is -1.00. The van der Waals surface area contributed by atoms with E-state index in [1.54, 1.807) is 0 Å². The summed E-state index contributed by atoms with van der Waals surface area (Å²) in [6.45, 7) is 2.57. The van der Waals surface area contributed by atoms with E-state index in [0.717, 1.165) is 25.3 Å². The molecule has 1 aromatic rings. The molecule has 16 heavy (non-hydrogen) atoms. The van der Waals surface area contributed by atoms with Crippen LogP contribution >= 0.6 is 11.6 Å². The van der Waals surface area contributed by atoms with Crippen molar-refractivity contribution in [2.75, 3.05) is 12.3 Å². The van der Waals surface area contributed by atoms with Crippen molar-refractivity contribution in [1.29, 1.82) is 0 Å². The van der Waals surface area contributed by atoms with Crippen LogP contribution in [0.25, 0.3) is 0 Å². The topological polar surface area (TPSA) is 44.5 Å². The highest BCUT2D eigenvalue weighted by Gasteiger charge is 2.08. The maximum atomic E-state index is 12.9. The molecule has 0 aliphatic heterocycles. The quantitative estimate of drug-likeness (QED) is 0.362. The van der Waals surface area contributed by atoms with Gasteiger partial charge in [-0.25, -0.2) is 4.39 Å². The number of hydrogen-bond donors (Lipinski definition) is 1. The first-order valence-electron chi connectivity index (χ1n) is 5.19. The van der Waals surface area contributed by atoms with Crippen LogP contribution in [0.15, 0.2) is 12.1 Å². The largest absolute Gasteiger partial charge is 0.396 e. The molecule has 0 fully saturated rings. The minimum Gasteiger partial charge on any atom is -0.396 e. The average molecular weight is 248 g/mol. The molecule has 0 spiro atoms. The van der Waals surface area contributed by atoms with Crippen LogP contribution < -0.4 is 10.6 Å². The van der Waals surface area contributed by atoms with E-state index in [1.807, 2.05) is 0 Å². The summed E-state index contributed by atoms with van der Waals surface area (Å²) in [5.74, 6) is -0.333.